The molecule has 1 aromatic carbocycles. The molecule has 0 aliphatic heterocycles. The Morgan fingerprint density at radius 2 is 1.24 bits per heavy atom. The van der Waals surface area contributed by atoms with Gasteiger partial charge in [0.25, 0.3) is 0 Å². The summed E-state index contributed by atoms with van der Waals surface area (Å²) in [7, 11) is 0. The molecular weight excluding hydrogens is 257 g/mol. The molecule has 0 aliphatic carbocycles. The van der Waals surface area contributed by atoms with Crippen LogP contribution in [0.15, 0.2) is 24.3 Å². The van der Waals surface area contributed by atoms with Crippen molar-refractivity contribution in [3.05, 3.63) is 30.3 Å². The molecule has 0 saturated heterocycles. The minimum absolute atomic E-state index is 0.728. The molecule has 0 atom stereocenters. The van der Waals surface area contributed by atoms with Crippen molar-refractivity contribution < 1.29 is 35.5 Å². The van der Waals surface area contributed by atoms with Crippen molar-refractivity contribution in [3.8, 4) is 5.75 Å². The molecular formula is C9H4F7O. The van der Waals surface area contributed by atoms with Crippen molar-refractivity contribution in [3.63, 3.8) is 0 Å². The minimum Gasteiger partial charge on any atom is -0.444 e. The highest BCUT2D eigenvalue weighted by molar-refractivity contribution is 5.21. The number of ether oxygens (including phenoxy) is 1. The maximum atomic E-state index is 13.0. The lowest BCUT2D eigenvalue weighted by Crippen LogP contribution is -2.57. The Kier molecular flexibility index (Phi) is 3.26. The monoisotopic (exact) mass is 261 g/mol. The topological polar surface area (TPSA) is 9.23 Å². The normalized spacial score (nSPS) is 13.6. The number of rotatable bonds is 2. The fourth-order valence-electron chi connectivity index (χ4n) is 0.878. The molecule has 0 aliphatic rings. The molecule has 0 aromatic heterocycles. The number of hydrogen-bond donors (Lipinski definition) is 0. The quantitative estimate of drug-likeness (QED) is 0.738. The zero-order valence-electron chi connectivity index (χ0n) is 7.86. The molecule has 17 heavy (non-hydrogen) atoms. The predicted octanol–water partition coefficient (Wildman–Crippen LogP) is 3.66. The van der Waals surface area contributed by atoms with Crippen molar-refractivity contribution >= 4 is 0 Å². The van der Waals surface area contributed by atoms with Gasteiger partial charge in [0.2, 0.25) is 0 Å². The fourth-order valence-corrected chi connectivity index (χ4v) is 0.878. The third-order valence-electron chi connectivity index (χ3n) is 1.68. The maximum absolute atomic E-state index is 13.0. The Hall–Kier alpha value is -1.47. The van der Waals surface area contributed by atoms with Crippen LogP contribution in [0.4, 0.5) is 30.7 Å². The van der Waals surface area contributed by atoms with Gasteiger partial charge in [0, 0.05) is 0 Å². The lowest BCUT2D eigenvalue weighted by atomic mass is 10.2. The van der Waals surface area contributed by atoms with E-state index in [-0.39, 0.29) is 0 Å². The summed E-state index contributed by atoms with van der Waals surface area (Å²) in [6, 6.07) is 5.76. The van der Waals surface area contributed by atoms with Gasteiger partial charge in [-0.25, -0.2) is 0 Å². The van der Waals surface area contributed by atoms with Gasteiger partial charge >= 0.3 is 18.2 Å². The highest BCUT2D eigenvalue weighted by atomic mass is 19.4. The number of alkyl halides is 7. The molecule has 0 amide bonds. The fraction of sp³-hybridized carbons (Fsp3) is 0.333. The molecule has 1 radical (unpaired) electrons. The highest BCUT2D eigenvalue weighted by Crippen LogP contribution is 2.47. The molecule has 0 unspecified atom stereocenters. The molecule has 0 spiro atoms. The van der Waals surface area contributed by atoms with Gasteiger partial charge in [-0.3, -0.25) is 0 Å². The smallest absolute Gasteiger partial charge is 0.444 e. The predicted molar refractivity (Wildman–Crippen MR) is 41.9 cm³/mol. The Labute approximate surface area is 90.8 Å². The second kappa shape index (κ2) is 4.08. The molecule has 8 heteroatoms. The summed E-state index contributed by atoms with van der Waals surface area (Å²) < 4.78 is 88.8. The Morgan fingerprint density at radius 1 is 0.824 bits per heavy atom. The first-order chi connectivity index (χ1) is 7.58. The van der Waals surface area contributed by atoms with Crippen molar-refractivity contribution in [2.24, 2.45) is 0 Å². The number of hydrogen-bond acceptors (Lipinski definition) is 1. The number of benzene rings is 1. The Balaban J connectivity index is 3.11. The van der Waals surface area contributed by atoms with Crippen molar-refractivity contribution in [1.82, 2.24) is 0 Å². The maximum Gasteiger partial charge on any atom is 0.470 e. The molecule has 0 N–H and O–H groups in total. The van der Waals surface area contributed by atoms with Crippen molar-refractivity contribution in [2.75, 3.05) is 0 Å². The van der Waals surface area contributed by atoms with Gasteiger partial charge in [-0.1, -0.05) is 12.1 Å². The van der Waals surface area contributed by atoms with Crippen LogP contribution in [0.5, 0.6) is 5.75 Å². The highest BCUT2D eigenvalue weighted by Gasteiger charge is 2.76. The molecule has 95 valence electrons. The van der Waals surface area contributed by atoms with Crippen LogP contribution in [-0.4, -0.2) is 18.2 Å². The lowest BCUT2D eigenvalue weighted by Gasteiger charge is -2.29. The van der Waals surface area contributed by atoms with Gasteiger partial charge in [0.1, 0.15) is 5.75 Å². The van der Waals surface area contributed by atoms with Gasteiger partial charge in [0.05, 0.1) is 0 Å². The Morgan fingerprint density at radius 3 is 1.59 bits per heavy atom. The SMILES string of the molecule is FC(F)(F)C(F)(Oc1cc[c]cc1)C(F)(F)F. The average Bonchev–Trinajstić information content (AvgIpc) is 2.15. The van der Waals surface area contributed by atoms with Gasteiger partial charge in [-0.15, -0.1) is 0 Å². The van der Waals surface area contributed by atoms with E-state index in [1.807, 2.05) is 0 Å². The first kappa shape index (κ1) is 13.6. The minimum atomic E-state index is -6.23. The second-order valence-electron chi connectivity index (χ2n) is 2.93. The molecule has 1 nitrogen and oxygen atoms in total. The third-order valence-corrected chi connectivity index (χ3v) is 1.68. The van der Waals surface area contributed by atoms with Crippen LogP contribution in [0.25, 0.3) is 0 Å². The standard InChI is InChI=1S/C9H4F7O/c10-7(8(11,12)13,9(14,15)16)17-6-4-2-1-3-5-6/h2-5H. The molecule has 1 aromatic rings. The van der Waals surface area contributed by atoms with Crippen molar-refractivity contribution in [2.45, 2.75) is 18.2 Å². The summed E-state index contributed by atoms with van der Waals surface area (Å²) in [5, 5.41) is 0. The average molecular weight is 261 g/mol. The van der Waals surface area contributed by atoms with Crippen LogP contribution < -0.4 is 4.74 Å². The second-order valence-corrected chi connectivity index (χ2v) is 2.93. The molecule has 0 saturated carbocycles. The van der Waals surface area contributed by atoms with Crippen LogP contribution in [0.3, 0.4) is 0 Å². The van der Waals surface area contributed by atoms with E-state index >= 15 is 0 Å². The summed E-state index contributed by atoms with van der Waals surface area (Å²) in [6.07, 6.45) is -12.5. The van der Waals surface area contributed by atoms with Gasteiger partial charge < -0.3 is 4.74 Å². The van der Waals surface area contributed by atoms with Crippen LogP contribution >= 0.6 is 0 Å². The van der Waals surface area contributed by atoms with E-state index in [1.54, 1.807) is 0 Å². The van der Waals surface area contributed by atoms with Crippen LogP contribution in [0.1, 0.15) is 0 Å². The Bertz CT molecular complexity index is 353. The van der Waals surface area contributed by atoms with Gasteiger partial charge in [-0.05, 0) is 18.2 Å². The van der Waals surface area contributed by atoms with Crippen LogP contribution in [0.2, 0.25) is 0 Å². The summed E-state index contributed by atoms with van der Waals surface area (Å²) in [5.41, 5.74) is 0. The lowest BCUT2D eigenvalue weighted by molar-refractivity contribution is -0.405. The third kappa shape index (κ3) is 2.62. The summed E-state index contributed by atoms with van der Waals surface area (Å²) in [6.45, 7) is 0. The summed E-state index contributed by atoms with van der Waals surface area (Å²) in [4.78, 5) is 0. The summed E-state index contributed by atoms with van der Waals surface area (Å²) in [5.74, 6) is -6.64. The molecule has 1 rings (SSSR count). The van der Waals surface area contributed by atoms with E-state index in [1.165, 1.54) is 0 Å². The molecule has 0 fully saturated rings. The van der Waals surface area contributed by atoms with E-state index < -0.39 is 24.0 Å². The van der Waals surface area contributed by atoms with Gasteiger partial charge in [-0.2, -0.15) is 30.7 Å². The van der Waals surface area contributed by atoms with E-state index in [9.17, 15) is 30.7 Å². The van der Waals surface area contributed by atoms with E-state index in [2.05, 4.69) is 10.8 Å². The van der Waals surface area contributed by atoms with Crippen LogP contribution in [0, 0.1) is 6.07 Å². The summed E-state index contributed by atoms with van der Waals surface area (Å²) >= 11 is 0. The molecule has 0 bridgehead atoms. The number of halogens is 7. The van der Waals surface area contributed by atoms with E-state index in [0.717, 1.165) is 24.3 Å². The largest absolute Gasteiger partial charge is 0.470 e. The zero-order chi connectivity index (χ0) is 13.3. The van der Waals surface area contributed by atoms with Crippen LogP contribution in [-0.2, 0) is 0 Å². The first-order valence-electron chi connectivity index (χ1n) is 4.05. The van der Waals surface area contributed by atoms with E-state index in [0.29, 0.717) is 0 Å². The van der Waals surface area contributed by atoms with Gasteiger partial charge in [0.15, 0.2) is 0 Å². The van der Waals surface area contributed by atoms with Crippen molar-refractivity contribution in [1.29, 1.82) is 0 Å². The van der Waals surface area contributed by atoms with E-state index in [4.69, 9.17) is 0 Å². The zero-order valence-corrected chi connectivity index (χ0v) is 7.86. The molecule has 0 heterocycles. The first-order valence-corrected chi connectivity index (χ1v) is 4.05.